The van der Waals surface area contributed by atoms with E-state index >= 15 is 0 Å². The lowest BCUT2D eigenvalue weighted by atomic mass is 10.0. The maximum atomic E-state index is 12.8. The van der Waals surface area contributed by atoms with Crippen LogP contribution in [-0.2, 0) is 19.1 Å². The fourth-order valence-electron chi connectivity index (χ4n) is 8.10. The van der Waals surface area contributed by atoms with Gasteiger partial charge in [0.15, 0.2) is 0 Å². The third-order valence-electron chi connectivity index (χ3n) is 11.9. The molecule has 0 aliphatic heterocycles. The van der Waals surface area contributed by atoms with Gasteiger partial charge in [-0.3, -0.25) is 14.4 Å². The van der Waals surface area contributed by atoms with Gasteiger partial charge in [0.05, 0.1) is 0 Å². The molecule has 0 radical (unpaired) electrons. The molecule has 2 N–H and O–H groups in total. The van der Waals surface area contributed by atoms with Crippen molar-refractivity contribution in [2.24, 2.45) is 0 Å². The predicted octanol–water partition coefficient (Wildman–Crippen LogP) is 16.5. The number of aliphatic carboxylic acids is 1. The van der Waals surface area contributed by atoms with Gasteiger partial charge < -0.3 is 15.2 Å². The van der Waals surface area contributed by atoms with Crippen molar-refractivity contribution in [2.75, 3.05) is 6.54 Å². The number of amides is 1. The molecule has 0 heterocycles. The lowest BCUT2D eigenvalue weighted by molar-refractivity contribution is -0.150. The number of nitrogens with one attached hydrogen (secondary N) is 1. The first kappa shape index (κ1) is 56.1. The van der Waals surface area contributed by atoms with Crippen LogP contribution in [0.4, 0.5) is 0 Å². The minimum Gasteiger partial charge on any atom is -0.480 e. The highest BCUT2D eigenvalue weighted by Gasteiger charge is 2.14. The fraction of sp³-hybridized carbons (Fsp3) is 0.904. The van der Waals surface area contributed by atoms with Crippen LogP contribution in [0.25, 0.3) is 0 Å². The highest BCUT2D eigenvalue weighted by atomic mass is 16.5. The summed E-state index contributed by atoms with van der Waals surface area (Å²) < 4.78 is 6.07. The number of carbonyl (C=O) groups is 3. The van der Waals surface area contributed by atoms with Crippen molar-refractivity contribution in [3.63, 3.8) is 0 Å². The second-order valence-corrected chi connectivity index (χ2v) is 17.8. The van der Waals surface area contributed by atoms with Crippen LogP contribution in [0.5, 0.6) is 0 Å². The van der Waals surface area contributed by atoms with E-state index in [0.29, 0.717) is 12.8 Å². The predicted molar refractivity (Wildman–Crippen MR) is 250 cm³/mol. The molecule has 0 bridgehead atoms. The molecule has 0 aromatic rings. The first-order chi connectivity index (χ1) is 28.5. The average Bonchev–Trinajstić information content (AvgIpc) is 3.21. The van der Waals surface area contributed by atoms with Crippen molar-refractivity contribution in [3.05, 3.63) is 12.2 Å². The molecule has 6 nitrogen and oxygen atoms in total. The van der Waals surface area contributed by atoms with Crippen LogP contribution in [-0.4, -0.2) is 35.6 Å². The highest BCUT2D eigenvalue weighted by Crippen LogP contribution is 2.19. The van der Waals surface area contributed by atoms with Crippen molar-refractivity contribution >= 4 is 17.8 Å². The molecule has 0 fully saturated rings. The number of carboxylic acids is 1. The molecule has 0 aromatic heterocycles. The summed E-state index contributed by atoms with van der Waals surface area (Å²) in [5, 5.41) is 11.1. The van der Waals surface area contributed by atoms with Crippen LogP contribution in [0.1, 0.15) is 290 Å². The molecule has 0 rings (SSSR count). The normalized spacial score (nSPS) is 12.0. The first-order valence-corrected chi connectivity index (χ1v) is 25.8. The van der Waals surface area contributed by atoms with Gasteiger partial charge in [0.25, 0.3) is 0 Å². The second-order valence-electron chi connectivity index (χ2n) is 17.8. The van der Waals surface area contributed by atoms with E-state index in [1.165, 1.54) is 193 Å². The zero-order chi connectivity index (χ0) is 42.3. The summed E-state index contributed by atoms with van der Waals surface area (Å²) in [5.74, 6) is -1.22. The number of allylic oxidation sites excluding steroid dienone is 2. The number of carboxylic acid groups (broad SMARTS) is 1. The molecule has 1 amide bonds. The molecule has 1 atom stereocenters. The molecule has 0 spiro atoms. The fourth-order valence-corrected chi connectivity index (χ4v) is 8.10. The van der Waals surface area contributed by atoms with E-state index in [4.69, 9.17) is 9.84 Å². The van der Waals surface area contributed by atoms with Gasteiger partial charge in [-0.25, -0.2) is 0 Å². The zero-order valence-corrected chi connectivity index (χ0v) is 38.9. The van der Waals surface area contributed by atoms with Crippen LogP contribution in [0.15, 0.2) is 12.2 Å². The molecule has 0 aliphatic rings. The number of unbranched alkanes of at least 4 members (excludes halogenated alkanes) is 35. The Morgan fingerprint density at radius 1 is 0.431 bits per heavy atom. The molecule has 0 aromatic carbocycles. The lowest BCUT2D eigenvalue weighted by Crippen LogP contribution is -2.28. The largest absolute Gasteiger partial charge is 0.480 e. The third kappa shape index (κ3) is 46.8. The summed E-state index contributed by atoms with van der Waals surface area (Å²) in [5.41, 5.74) is 0. The van der Waals surface area contributed by atoms with E-state index in [-0.39, 0.29) is 24.5 Å². The van der Waals surface area contributed by atoms with E-state index in [9.17, 15) is 14.4 Å². The number of hydrogen-bond donors (Lipinski definition) is 2. The summed E-state index contributed by atoms with van der Waals surface area (Å²) in [7, 11) is 0. The van der Waals surface area contributed by atoms with Crippen LogP contribution < -0.4 is 5.32 Å². The quantitative estimate of drug-likeness (QED) is 0.0362. The maximum Gasteiger partial charge on any atom is 0.322 e. The van der Waals surface area contributed by atoms with Crippen molar-refractivity contribution in [1.82, 2.24) is 5.32 Å². The maximum absolute atomic E-state index is 12.8. The van der Waals surface area contributed by atoms with E-state index in [1.54, 1.807) is 0 Å². The number of hydrogen-bond acceptors (Lipinski definition) is 4. The summed E-state index contributed by atoms with van der Waals surface area (Å²) >= 11 is 0. The van der Waals surface area contributed by atoms with Crippen LogP contribution in [0.3, 0.4) is 0 Å². The van der Waals surface area contributed by atoms with Crippen LogP contribution in [0.2, 0.25) is 0 Å². The Balaban J connectivity index is 4.06. The van der Waals surface area contributed by atoms with E-state index < -0.39 is 5.97 Å². The van der Waals surface area contributed by atoms with Gasteiger partial charge in [0.1, 0.15) is 12.6 Å². The average molecular weight is 818 g/mol. The van der Waals surface area contributed by atoms with Crippen molar-refractivity contribution in [2.45, 2.75) is 296 Å². The summed E-state index contributed by atoms with van der Waals surface area (Å²) in [4.78, 5) is 35.2. The number of esters is 1. The van der Waals surface area contributed by atoms with Crippen LogP contribution in [0, 0.1) is 0 Å². The molecular weight excluding hydrogens is 719 g/mol. The smallest absolute Gasteiger partial charge is 0.322 e. The Kier molecular flexibility index (Phi) is 46.3. The van der Waals surface area contributed by atoms with Gasteiger partial charge in [-0.1, -0.05) is 225 Å². The topological polar surface area (TPSA) is 92.7 Å². The highest BCUT2D eigenvalue weighted by molar-refractivity contribution is 5.80. The summed E-state index contributed by atoms with van der Waals surface area (Å²) in [6, 6.07) is 0. The van der Waals surface area contributed by atoms with E-state index in [0.717, 1.165) is 70.6 Å². The standard InChI is InChI=1S/C52H99NO5/c1-3-5-7-9-11-13-15-17-19-20-21-22-23-24-26-28-30-32-34-39-43-47-52(57)58-49(45-41-37-35-38-42-46-50(54)53-48-51(55)56)44-40-36-33-31-29-27-25-18-16-14-12-10-8-6-4-2/h27,29,49H,3-26,28,30-48H2,1-2H3,(H,53,54)(H,55,56)/b29-27-. The Morgan fingerprint density at radius 2 is 0.741 bits per heavy atom. The van der Waals surface area contributed by atoms with Gasteiger partial charge >= 0.3 is 11.9 Å². The second kappa shape index (κ2) is 47.8. The molecule has 6 heteroatoms. The van der Waals surface area contributed by atoms with Crippen molar-refractivity contribution in [1.29, 1.82) is 0 Å². The van der Waals surface area contributed by atoms with Gasteiger partial charge in [-0.15, -0.1) is 0 Å². The number of ether oxygens (including phenoxy) is 1. The molecule has 0 saturated carbocycles. The SMILES string of the molecule is CCCCCCCCCC/C=C\CCCCCC(CCCCCCCC(=O)NCC(=O)O)OC(=O)CCCCCCCCCCCCCCCCCCCCCCC. The Bertz CT molecular complexity index is 904. The van der Waals surface area contributed by atoms with E-state index in [1.807, 2.05) is 0 Å². The molecule has 58 heavy (non-hydrogen) atoms. The van der Waals surface area contributed by atoms with Gasteiger partial charge in [0.2, 0.25) is 5.91 Å². The monoisotopic (exact) mass is 818 g/mol. The van der Waals surface area contributed by atoms with Gasteiger partial charge in [-0.2, -0.15) is 0 Å². The first-order valence-electron chi connectivity index (χ1n) is 25.8. The Hall–Kier alpha value is -1.85. The van der Waals surface area contributed by atoms with Gasteiger partial charge in [-0.05, 0) is 64.2 Å². The number of rotatable bonds is 48. The summed E-state index contributed by atoms with van der Waals surface area (Å²) in [6.07, 6.45) is 57.9. The summed E-state index contributed by atoms with van der Waals surface area (Å²) in [6.45, 7) is 4.26. The molecule has 0 aliphatic carbocycles. The molecule has 0 saturated heterocycles. The van der Waals surface area contributed by atoms with E-state index in [2.05, 4.69) is 31.3 Å². The third-order valence-corrected chi connectivity index (χ3v) is 11.9. The Labute approximate surface area is 361 Å². The lowest BCUT2D eigenvalue weighted by Gasteiger charge is -2.18. The zero-order valence-electron chi connectivity index (χ0n) is 38.9. The Morgan fingerprint density at radius 3 is 1.12 bits per heavy atom. The number of carbonyl (C=O) groups excluding carboxylic acids is 2. The molecular formula is C52H99NO5. The van der Waals surface area contributed by atoms with Crippen molar-refractivity contribution < 1.29 is 24.2 Å². The molecule has 342 valence electrons. The minimum absolute atomic E-state index is 0.0147. The molecule has 1 unspecified atom stereocenters. The van der Waals surface area contributed by atoms with Crippen molar-refractivity contribution in [3.8, 4) is 0 Å². The minimum atomic E-state index is -1.01. The van der Waals surface area contributed by atoms with Gasteiger partial charge in [0, 0.05) is 12.8 Å². The van der Waals surface area contributed by atoms with Crippen LogP contribution >= 0.6 is 0 Å².